The highest BCUT2D eigenvalue weighted by molar-refractivity contribution is 8.14. The van der Waals surface area contributed by atoms with Crippen molar-refractivity contribution >= 4 is 45.4 Å². The molecular formula is C21H16FN3O3S. The van der Waals surface area contributed by atoms with Gasteiger partial charge in [-0.2, -0.15) is 0 Å². The lowest BCUT2D eigenvalue weighted by Crippen LogP contribution is -2.27. The average Bonchev–Trinajstić information content (AvgIpc) is 3.00. The van der Waals surface area contributed by atoms with E-state index in [0.717, 1.165) is 17.3 Å². The van der Waals surface area contributed by atoms with Crippen LogP contribution < -0.4 is 5.32 Å². The lowest BCUT2D eigenvalue weighted by Gasteiger charge is -2.13. The van der Waals surface area contributed by atoms with Gasteiger partial charge >= 0.3 is 0 Å². The Morgan fingerprint density at radius 2 is 1.93 bits per heavy atom. The van der Waals surface area contributed by atoms with Crippen molar-refractivity contribution in [1.82, 2.24) is 9.88 Å². The quantitative estimate of drug-likeness (QED) is 0.701. The number of carbonyl (C=O) groups excluding carboxylic acids is 3. The second kappa shape index (κ2) is 7.63. The Hall–Kier alpha value is -3.26. The molecule has 8 heteroatoms. The highest BCUT2D eigenvalue weighted by Gasteiger charge is 2.29. The number of halogens is 1. The highest BCUT2D eigenvalue weighted by atomic mass is 32.2. The van der Waals surface area contributed by atoms with E-state index in [0.29, 0.717) is 27.8 Å². The molecule has 1 saturated heterocycles. The van der Waals surface area contributed by atoms with Crippen molar-refractivity contribution in [2.75, 3.05) is 11.1 Å². The fraction of sp³-hybridized carbons (Fsp3) is 0.143. The Kier molecular flexibility index (Phi) is 5.02. The van der Waals surface area contributed by atoms with E-state index in [9.17, 15) is 18.8 Å². The summed E-state index contributed by atoms with van der Waals surface area (Å²) < 4.78 is 13.4. The molecule has 1 N–H and O–H groups in total. The maximum Gasteiger partial charge on any atom is 0.289 e. The summed E-state index contributed by atoms with van der Waals surface area (Å²) >= 11 is 0.998. The number of hydrogen-bond acceptors (Lipinski definition) is 5. The molecule has 0 saturated carbocycles. The molecular weight excluding hydrogens is 393 g/mol. The standard InChI is InChI=1S/C21H16FN3O3S/c1-12-17(8-14-4-5-15(22)9-18(14)23-12)20(27)24-16-6-2-13(3-7-16)10-25-19(26)11-29-21(25)28/h2-9H,10-11H2,1H3,(H,24,27). The van der Waals surface area contributed by atoms with E-state index in [2.05, 4.69) is 10.3 Å². The van der Waals surface area contributed by atoms with Crippen LogP contribution in [0.15, 0.2) is 48.5 Å². The average molecular weight is 409 g/mol. The van der Waals surface area contributed by atoms with Gasteiger partial charge in [-0.25, -0.2) is 4.39 Å². The number of pyridine rings is 1. The number of thioether (sulfide) groups is 1. The largest absolute Gasteiger partial charge is 0.322 e. The number of nitrogens with zero attached hydrogens (tertiary/aromatic N) is 2. The minimum absolute atomic E-state index is 0.179. The zero-order chi connectivity index (χ0) is 20.5. The minimum atomic E-state index is -0.377. The third-order valence-electron chi connectivity index (χ3n) is 4.61. The number of benzene rings is 2. The van der Waals surface area contributed by atoms with Crippen LogP contribution >= 0.6 is 11.8 Å². The summed E-state index contributed by atoms with van der Waals surface area (Å²) in [6.07, 6.45) is 0. The Morgan fingerprint density at radius 1 is 1.17 bits per heavy atom. The summed E-state index contributed by atoms with van der Waals surface area (Å²) in [5.41, 5.74) is 2.76. The Balaban J connectivity index is 1.49. The topological polar surface area (TPSA) is 79.4 Å². The number of nitrogens with one attached hydrogen (secondary N) is 1. The van der Waals surface area contributed by atoms with E-state index in [-0.39, 0.29) is 35.2 Å². The molecule has 0 unspecified atom stereocenters. The maximum atomic E-state index is 13.4. The third-order valence-corrected chi connectivity index (χ3v) is 5.47. The summed E-state index contributed by atoms with van der Waals surface area (Å²) in [7, 11) is 0. The molecule has 0 atom stereocenters. The van der Waals surface area contributed by atoms with E-state index in [1.807, 2.05) is 0 Å². The van der Waals surface area contributed by atoms with Crippen molar-refractivity contribution in [2.45, 2.75) is 13.5 Å². The van der Waals surface area contributed by atoms with Crippen molar-refractivity contribution in [3.63, 3.8) is 0 Å². The van der Waals surface area contributed by atoms with Gasteiger partial charge in [0.1, 0.15) is 5.82 Å². The number of fused-ring (bicyclic) bond motifs is 1. The number of aryl methyl sites for hydroxylation is 1. The van der Waals surface area contributed by atoms with Gasteiger partial charge < -0.3 is 5.32 Å². The van der Waals surface area contributed by atoms with Gasteiger partial charge in [0.15, 0.2) is 0 Å². The lowest BCUT2D eigenvalue weighted by atomic mass is 10.1. The highest BCUT2D eigenvalue weighted by Crippen LogP contribution is 2.23. The number of anilines is 1. The van der Waals surface area contributed by atoms with Crippen LogP contribution in [0.2, 0.25) is 0 Å². The van der Waals surface area contributed by atoms with Crippen LogP contribution in [0.25, 0.3) is 10.9 Å². The van der Waals surface area contributed by atoms with Crippen molar-refractivity contribution in [3.8, 4) is 0 Å². The first-order chi connectivity index (χ1) is 13.9. The van der Waals surface area contributed by atoms with Crippen LogP contribution in [0.1, 0.15) is 21.6 Å². The lowest BCUT2D eigenvalue weighted by molar-refractivity contribution is -0.125. The molecule has 1 aliphatic heterocycles. The van der Waals surface area contributed by atoms with Crippen LogP contribution in [0.4, 0.5) is 14.9 Å². The molecule has 0 aliphatic carbocycles. The molecule has 0 bridgehead atoms. The second-order valence-electron chi connectivity index (χ2n) is 6.64. The maximum absolute atomic E-state index is 13.4. The van der Waals surface area contributed by atoms with Gasteiger partial charge in [0.2, 0.25) is 5.91 Å². The van der Waals surface area contributed by atoms with Crippen molar-refractivity contribution in [1.29, 1.82) is 0 Å². The van der Waals surface area contributed by atoms with Gasteiger partial charge in [0.25, 0.3) is 11.1 Å². The van der Waals surface area contributed by atoms with E-state index < -0.39 is 0 Å². The van der Waals surface area contributed by atoms with Gasteiger partial charge in [-0.05, 0) is 42.8 Å². The summed E-state index contributed by atoms with van der Waals surface area (Å²) in [6, 6.07) is 12.9. The van der Waals surface area contributed by atoms with Crippen LogP contribution in [0.5, 0.6) is 0 Å². The molecule has 3 amide bonds. The smallest absolute Gasteiger partial charge is 0.289 e. The van der Waals surface area contributed by atoms with Gasteiger partial charge in [-0.3, -0.25) is 24.3 Å². The Morgan fingerprint density at radius 3 is 2.62 bits per heavy atom. The zero-order valence-corrected chi connectivity index (χ0v) is 16.3. The van der Waals surface area contributed by atoms with Crippen molar-refractivity contribution < 1.29 is 18.8 Å². The predicted molar refractivity (Wildman–Crippen MR) is 109 cm³/mol. The molecule has 3 aromatic rings. The monoisotopic (exact) mass is 409 g/mol. The van der Waals surface area contributed by atoms with Crippen molar-refractivity contribution in [3.05, 3.63) is 71.2 Å². The van der Waals surface area contributed by atoms with Gasteiger partial charge in [-0.1, -0.05) is 23.9 Å². The Labute approximate surface area is 170 Å². The second-order valence-corrected chi connectivity index (χ2v) is 7.57. The van der Waals surface area contributed by atoms with Crippen LogP contribution in [-0.4, -0.2) is 32.7 Å². The number of amides is 3. The fourth-order valence-electron chi connectivity index (χ4n) is 3.07. The molecule has 1 aromatic heterocycles. The van der Waals surface area contributed by atoms with E-state index in [4.69, 9.17) is 0 Å². The molecule has 1 aliphatic rings. The summed E-state index contributed by atoms with van der Waals surface area (Å²) in [5, 5.41) is 3.24. The summed E-state index contributed by atoms with van der Waals surface area (Å²) in [4.78, 5) is 41.6. The van der Waals surface area contributed by atoms with Gasteiger partial charge in [-0.15, -0.1) is 0 Å². The van der Waals surface area contributed by atoms with Gasteiger partial charge in [0.05, 0.1) is 29.1 Å². The summed E-state index contributed by atoms with van der Waals surface area (Å²) in [5.74, 6) is -0.719. The zero-order valence-electron chi connectivity index (χ0n) is 15.4. The van der Waals surface area contributed by atoms with Gasteiger partial charge in [0, 0.05) is 17.1 Å². The molecule has 29 heavy (non-hydrogen) atoms. The van der Waals surface area contributed by atoms with Crippen LogP contribution in [-0.2, 0) is 11.3 Å². The number of imide groups is 1. The molecule has 0 spiro atoms. The van der Waals surface area contributed by atoms with E-state index >= 15 is 0 Å². The SMILES string of the molecule is Cc1nc2cc(F)ccc2cc1C(=O)Nc1ccc(CN2C(=O)CSC2=O)cc1. The summed E-state index contributed by atoms with van der Waals surface area (Å²) in [6.45, 7) is 1.91. The minimum Gasteiger partial charge on any atom is -0.322 e. The third kappa shape index (κ3) is 3.97. The first-order valence-electron chi connectivity index (χ1n) is 8.85. The molecule has 1 fully saturated rings. The fourth-order valence-corrected chi connectivity index (χ4v) is 3.80. The van der Waals surface area contributed by atoms with Crippen LogP contribution in [0, 0.1) is 12.7 Å². The molecule has 2 aromatic carbocycles. The number of rotatable bonds is 4. The van der Waals surface area contributed by atoms with E-state index in [1.165, 1.54) is 17.0 Å². The first kappa shape index (κ1) is 19.1. The number of hydrogen-bond donors (Lipinski definition) is 1. The predicted octanol–water partition coefficient (Wildman–Crippen LogP) is 4.13. The molecule has 0 radical (unpaired) electrons. The molecule has 2 heterocycles. The number of carbonyl (C=O) groups is 3. The van der Waals surface area contributed by atoms with Crippen molar-refractivity contribution in [2.24, 2.45) is 0 Å². The number of aromatic nitrogens is 1. The molecule has 146 valence electrons. The van der Waals surface area contributed by atoms with E-state index in [1.54, 1.807) is 43.3 Å². The Bertz CT molecular complexity index is 1130. The normalized spacial score (nSPS) is 13.9. The first-order valence-corrected chi connectivity index (χ1v) is 9.83. The molecule has 4 rings (SSSR count). The molecule has 6 nitrogen and oxygen atoms in total. The van der Waals surface area contributed by atoms with Crippen LogP contribution in [0.3, 0.4) is 0 Å².